The minimum absolute atomic E-state index is 0.822. The van der Waals surface area contributed by atoms with E-state index in [4.69, 9.17) is 0 Å². The minimum atomic E-state index is 0.822. The normalized spacial score (nSPS) is 20.4. The number of aryl methyl sites for hydroxylation is 2. The molecule has 0 aliphatic heterocycles. The summed E-state index contributed by atoms with van der Waals surface area (Å²) in [5.41, 5.74) is 6.20. The van der Waals surface area contributed by atoms with E-state index in [-0.39, 0.29) is 0 Å². The summed E-state index contributed by atoms with van der Waals surface area (Å²) in [4.78, 5) is 3.66. The highest BCUT2D eigenvalue weighted by molar-refractivity contribution is 5.89. The van der Waals surface area contributed by atoms with Crippen LogP contribution in [0, 0.1) is 0 Å². The number of aromatic nitrogens is 1. The van der Waals surface area contributed by atoms with Gasteiger partial charge in [0.05, 0.1) is 0 Å². The molecule has 0 unspecified atom stereocenters. The lowest BCUT2D eigenvalue weighted by Gasteiger charge is -2.23. The Kier molecular flexibility index (Phi) is 2.46. The number of rotatable bonds is 1. The molecule has 1 aromatic carbocycles. The monoisotopic (exact) mass is 239 g/mol. The van der Waals surface area contributed by atoms with E-state index < -0.39 is 0 Å². The molecular weight excluding hydrogens is 218 g/mol. The van der Waals surface area contributed by atoms with Gasteiger partial charge in [-0.15, -0.1) is 0 Å². The Morgan fingerprint density at radius 1 is 0.944 bits per heavy atom. The molecule has 2 aromatic rings. The lowest BCUT2D eigenvalue weighted by molar-refractivity contribution is 0.445. The molecule has 0 radical (unpaired) electrons. The predicted molar refractivity (Wildman–Crippen MR) is 76.1 cm³/mol. The Hall–Kier alpha value is -1.24. The average molecular weight is 239 g/mol. The van der Waals surface area contributed by atoms with E-state index in [1.807, 2.05) is 0 Å². The van der Waals surface area contributed by atoms with Crippen LogP contribution in [-0.4, -0.2) is 4.98 Å². The highest BCUT2D eigenvalue weighted by Gasteiger charge is 2.23. The number of H-pyrrole nitrogens is 1. The van der Waals surface area contributed by atoms with Gasteiger partial charge in [-0.2, -0.15) is 0 Å². The summed E-state index contributed by atoms with van der Waals surface area (Å²) in [5, 5.41) is 1.59. The molecule has 4 rings (SSSR count). The third-order valence-corrected chi connectivity index (χ3v) is 4.95. The molecule has 0 saturated heterocycles. The summed E-state index contributed by atoms with van der Waals surface area (Å²) in [6.45, 7) is 0. The Morgan fingerprint density at radius 3 is 2.72 bits per heavy atom. The first-order chi connectivity index (χ1) is 8.93. The summed E-state index contributed by atoms with van der Waals surface area (Å²) in [7, 11) is 0. The van der Waals surface area contributed by atoms with E-state index in [1.54, 1.807) is 16.5 Å². The zero-order valence-electron chi connectivity index (χ0n) is 11.0. The van der Waals surface area contributed by atoms with Gasteiger partial charge in [0, 0.05) is 16.6 Å². The van der Waals surface area contributed by atoms with Crippen LogP contribution in [0.5, 0.6) is 0 Å². The Morgan fingerprint density at radius 2 is 1.83 bits per heavy atom. The van der Waals surface area contributed by atoms with Crippen molar-refractivity contribution in [3.05, 3.63) is 35.0 Å². The van der Waals surface area contributed by atoms with Crippen molar-refractivity contribution in [1.29, 1.82) is 0 Å². The Balaban J connectivity index is 1.88. The fourth-order valence-corrected chi connectivity index (χ4v) is 4.09. The second-order valence-electron chi connectivity index (χ2n) is 6.04. The smallest absolute Gasteiger partial charge is 0.0461 e. The first kappa shape index (κ1) is 10.7. The summed E-state index contributed by atoms with van der Waals surface area (Å²) >= 11 is 0. The maximum Gasteiger partial charge on any atom is 0.0461 e. The maximum atomic E-state index is 3.66. The fourth-order valence-electron chi connectivity index (χ4n) is 4.09. The summed E-state index contributed by atoms with van der Waals surface area (Å²) in [6.07, 6.45) is 11.0. The molecule has 2 aliphatic carbocycles. The quantitative estimate of drug-likeness (QED) is 0.742. The molecule has 0 atom stereocenters. The van der Waals surface area contributed by atoms with E-state index >= 15 is 0 Å². The third kappa shape index (κ3) is 1.53. The molecule has 1 N–H and O–H groups in total. The molecule has 1 nitrogen and oxygen atoms in total. The lowest BCUT2D eigenvalue weighted by Crippen LogP contribution is -2.05. The molecule has 1 heterocycles. The van der Waals surface area contributed by atoms with E-state index in [0.717, 1.165) is 5.92 Å². The molecule has 18 heavy (non-hydrogen) atoms. The number of aromatic amines is 1. The van der Waals surface area contributed by atoms with Gasteiger partial charge in [-0.1, -0.05) is 31.4 Å². The summed E-state index contributed by atoms with van der Waals surface area (Å²) in [5.74, 6) is 0.822. The zero-order valence-corrected chi connectivity index (χ0v) is 11.0. The van der Waals surface area contributed by atoms with Crippen LogP contribution >= 0.6 is 0 Å². The number of benzene rings is 1. The van der Waals surface area contributed by atoms with Crippen molar-refractivity contribution >= 4 is 10.9 Å². The molecule has 94 valence electrons. The van der Waals surface area contributed by atoms with Crippen LogP contribution in [0.1, 0.15) is 61.3 Å². The van der Waals surface area contributed by atoms with Gasteiger partial charge in [-0.25, -0.2) is 0 Å². The molecule has 1 saturated carbocycles. The van der Waals surface area contributed by atoms with E-state index in [0.29, 0.717) is 0 Å². The zero-order chi connectivity index (χ0) is 11.9. The van der Waals surface area contributed by atoms with Crippen LogP contribution in [-0.2, 0) is 12.8 Å². The molecule has 0 bridgehead atoms. The maximum absolute atomic E-state index is 3.66. The summed E-state index contributed by atoms with van der Waals surface area (Å²) in [6, 6.07) is 6.91. The van der Waals surface area contributed by atoms with Crippen molar-refractivity contribution in [2.45, 2.75) is 57.3 Å². The number of nitrogens with one attached hydrogen (secondary N) is 1. The molecule has 1 fully saturated rings. The minimum Gasteiger partial charge on any atom is -0.358 e. The van der Waals surface area contributed by atoms with Crippen molar-refractivity contribution in [2.75, 3.05) is 0 Å². The fraction of sp³-hybridized carbons (Fsp3) is 0.529. The molecule has 0 spiro atoms. The first-order valence-corrected chi connectivity index (χ1v) is 7.56. The SMILES string of the molecule is c1cc(C2CCCCC2)c2c3c([nH]c2c1)CCC3. The van der Waals surface area contributed by atoms with Gasteiger partial charge in [0.2, 0.25) is 0 Å². The van der Waals surface area contributed by atoms with Gasteiger partial charge < -0.3 is 4.98 Å². The molecule has 0 amide bonds. The van der Waals surface area contributed by atoms with Crippen LogP contribution in [0.15, 0.2) is 18.2 Å². The van der Waals surface area contributed by atoms with Crippen LogP contribution in [0.2, 0.25) is 0 Å². The van der Waals surface area contributed by atoms with Gasteiger partial charge in [0.15, 0.2) is 0 Å². The van der Waals surface area contributed by atoms with Crippen LogP contribution < -0.4 is 0 Å². The van der Waals surface area contributed by atoms with Gasteiger partial charge in [-0.3, -0.25) is 0 Å². The van der Waals surface area contributed by atoms with Crippen molar-refractivity contribution in [3.63, 3.8) is 0 Å². The van der Waals surface area contributed by atoms with E-state index in [1.165, 1.54) is 62.6 Å². The van der Waals surface area contributed by atoms with Crippen molar-refractivity contribution < 1.29 is 0 Å². The highest BCUT2D eigenvalue weighted by atomic mass is 14.7. The Bertz CT molecular complexity index is 573. The number of hydrogen-bond donors (Lipinski definition) is 1. The van der Waals surface area contributed by atoms with Crippen molar-refractivity contribution in [3.8, 4) is 0 Å². The van der Waals surface area contributed by atoms with Gasteiger partial charge in [0.25, 0.3) is 0 Å². The lowest BCUT2D eigenvalue weighted by atomic mass is 9.82. The number of hydrogen-bond acceptors (Lipinski definition) is 0. The molecular formula is C17H21N. The second kappa shape index (κ2) is 4.15. The van der Waals surface area contributed by atoms with Gasteiger partial charge in [0.1, 0.15) is 0 Å². The Labute approximate surface area is 109 Å². The van der Waals surface area contributed by atoms with E-state index in [2.05, 4.69) is 23.2 Å². The van der Waals surface area contributed by atoms with Crippen molar-refractivity contribution in [2.24, 2.45) is 0 Å². The van der Waals surface area contributed by atoms with Crippen LogP contribution in [0.3, 0.4) is 0 Å². The first-order valence-electron chi connectivity index (χ1n) is 7.56. The van der Waals surface area contributed by atoms with Crippen LogP contribution in [0.25, 0.3) is 10.9 Å². The standard InChI is InChI=1S/C17H21N/c1-2-6-12(7-3-1)13-8-4-11-16-17(13)14-9-5-10-15(14)18-16/h4,8,11-12,18H,1-3,5-7,9-10H2. The second-order valence-corrected chi connectivity index (χ2v) is 6.04. The van der Waals surface area contributed by atoms with Gasteiger partial charge in [-0.05, 0) is 55.2 Å². The van der Waals surface area contributed by atoms with Crippen LogP contribution in [0.4, 0.5) is 0 Å². The topological polar surface area (TPSA) is 15.8 Å². The molecule has 2 aliphatic rings. The number of fused-ring (bicyclic) bond motifs is 3. The molecule has 1 heteroatoms. The summed E-state index contributed by atoms with van der Waals surface area (Å²) < 4.78 is 0. The third-order valence-electron chi connectivity index (χ3n) is 4.95. The highest BCUT2D eigenvalue weighted by Crippen LogP contribution is 2.40. The largest absolute Gasteiger partial charge is 0.358 e. The van der Waals surface area contributed by atoms with Crippen molar-refractivity contribution in [1.82, 2.24) is 4.98 Å². The molecule has 1 aromatic heterocycles. The average Bonchev–Trinajstić information content (AvgIpc) is 2.99. The van der Waals surface area contributed by atoms with Gasteiger partial charge >= 0.3 is 0 Å². The van der Waals surface area contributed by atoms with E-state index in [9.17, 15) is 0 Å². The predicted octanol–water partition coefficient (Wildman–Crippen LogP) is 4.70.